The third-order valence-electron chi connectivity index (χ3n) is 2.07. The monoisotopic (exact) mass is 254 g/mol. The Kier molecular flexibility index (Phi) is 6.78. The first-order chi connectivity index (χ1) is 8.72. The van der Waals surface area contributed by atoms with Gasteiger partial charge in [-0.15, -0.1) is 0 Å². The summed E-state index contributed by atoms with van der Waals surface area (Å²) in [5.41, 5.74) is 8.83. The van der Waals surface area contributed by atoms with Crippen LogP contribution in [-0.4, -0.2) is 32.8 Å². The summed E-state index contributed by atoms with van der Waals surface area (Å²) in [4.78, 5) is 15.6. The van der Waals surface area contributed by atoms with Gasteiger partial charge < -0.3 is 15.2 Å². The van der Waals surface area contributed by atoms with Crippen molar-refractivity contribution in [3.63, 3.8) is 0 Å². The molecule has 0 fully saturated rings. The van der Waals surface area contributed by atoms with Gasteiger partial charge in [0.05, 0.1) is 13.2 Å². The fraction of sp³-hybridized carbons (Fsp3) is 0.417. The fourth-order valence-corrected chi connectivity index (χ4v) is 1.19. The van der Waals surface area contributed by atoms with Gasteiger partial charge in [0.2, 0.25) is 0 Å². The lowest BCUT2D eigenvalue weighted by Crippen LogP contribution is -2.20. The van der Waals surface area contributed by atoms with Crippen molar-refractivity contribution < 1.29 is 19.1 Å². The van der Waals surface area contributed by atoms with E-state index in [9.17, 15) is 4.79 Å². The summed E-state index contributed by atoms with van der Waals surface area (Å²) in [7, 11) is 1.62. The van der Waals surface area contributed by atoms with Crippen molar-refractivity contribution in [2.75, 3.05) is 26.9 Å². The number of nitrogens with two attached hydrogens (primary N) is 1. The summed E-state index contributed by atoms with van der Waals surface area (Å²) in [6.45, 7) is 1.51. The van der Waals surface area contributed by atoms with Crippen LogP contribution < -0.4 is 16.0 Å². The van der Waals surface area contributed by atoms with E-state index in [1.165, 1.54) is 0 Å². The summed E-state index contributed by atoms with van der Waals surface area (Å²) >= 11 is 0. The molecule has 0 saturated carbocycles. The molecule has 6 heteroatoms. The zero-order valence-corrected chi connectivity index (χ0v) is 10.3. The third kappa shape index (κ3) is 6.19. The molecule has 0 bridgehead atoms. The maximum atomic E-state index is 10.5. The van der Waals surface area contributed by atoms with Gasteiger partial charge in [-0.3, -0.25) is 9.63 Å². The molecule has 100 valence electrons. The summed E-state index contributed by atoms with van der Waals surface area (Å²) in [6, 6.07) is 7.30. The van der Waals surface area contributed by atoms with Gasteiger partial charge in [0.1, 0.15) is 5.75 Å². The second-order valence-corrected chi connectivity index (χ2v) is 3.56. The number of carbonyl (C=O) groups is 1. The molecule has 0 aliphatic heterocycles. The Morgan fingerprint density at radius 1 is 1.28 bits per heavy atom. The first kappa shape index (κ1) is 14.4. The Labute approximate surface area is 106 Å². The summed E-state index contributed by atoms with van der Waals surface area (Å²) in [5, 5.41) is 0. The molecule has 0 radical (unpaired) electrons. The number of ether oxygens (including phenoxy) is 2. The lowest BCUT2D eigenvalue weighted by molar-refractivity contribution is -0.119. The molecule has 1 aromatic carbocycles. The van der Waals surface area contributed by atoms with Crippen molar-refractivity contribution in [2.24, 2.45) is 5.73 Å². The van der Waals surface area contributed by atoms with Gasteiger partial charge in [-0.05, 0) is 17.7 Å². The fourth-order valence-electron chi connectivity index (χ4n) is 1.19. The molecule has 0 atom stereocenters. The minimum Gasteiger partial charge on any atom is -0.484 e. The lowest BCUT2D eigenvalue weighted by atomic mass is 10.2. The molecule has 0 aliphatic carbocycles. The Morgan fingerprint density at radius 2 is 2.00 bits per heavy atom. The number of benzene rings is 1. The van der Waals surface area contributed by atoms with Crippen LogP contribution in [0.15, 0.2) is 24.3 Å². The molecule has 0 heterocycles. The highest BCUT2D eigenvalue weighted by Crippen LogP contribution is 2.11. The van der Waals surface area contributed by atoms with E-state index in [0.717, 1.165) is 5.56 Å². The number of carbonyl (C=O) groups excluding carboxylic acids is 1. The van der Waals surface area contributed by atoms with Crippen molar-refractivity contribution in [1.29, 1.82) is 0 Å². The van der Waals surface area contributed by atoms with E-state index < -0.39 is 5.91 Å². The number of hydrogen-bond donors (Lipinski definition) is 2. The van der Waals surface area contributed by atoms with Gasteiger partial charge >= 0.3 is 0 Å². The van der Waals surface area contributed by atoms with Crippen molar-refractivity contribution in [3.8, 4) is 5.75 Å². The van der Waals surface area contributed by atoms with E-state index in [4.69, 9.17) is 20.0 Å². The summed E-state index contributed by atoms with van der Waals surface area (Å²) in [5.74, 6) is 0.116. The van der Waals surface area contributed by atoms with Crippen LogP contribution in [-0.2, 0) is 20.9 Å². The quantitative estimate of drug-likeness (QED) is 0.486. The van der Waals surface area contributed by atoms with Gasteiger partial charge in [0.15, 0.2) is 6.61 Å². The summed E-state index contributed by atoms with van der Waals surface area (Å²) in [6.07, 6.45) is 0. The Balaban J connectivity index is 2.25. The normalized spacial score (nSPS) is 10.3. The van der Waals surface area contributed by atoms with Crippen LogP contribution in [0.4, 0.5) is 0 Å². The number of amides is 1. The van der Waals surface area contributed by atoms with Crippen LogP contribution in [0.3, 0.4) is 0 Å². The molecule has 18 heavy (non-hydrogen) atoms. The van der Waals surface area contributed by atoms with Crippen LogP contribution in [0.2, 0.25) is 0 Å². The first-order valence-corrected chi connectivity index (χ1v) is 5.56. The van der Waals surface area contributed by atoms with Gasteiger partial charge in [-0.2, -0.15) is 5.48 Å². The summed E-state index contributed by atoms with van der Waals surface area (Å²) < 4.78 is 9.97. The number of rotatable bonds is 9. The highest BCUT2D eigenvalue weighted by molar-refractivity contribution is 5.75. The smallest absolute Gasteiger partial charge is 0.255 e. The highest BCUT2D eigenvalue weighted by Gasteiger charge is 1.98. The largest absolute Gasteiger partial charge is 0.484 e. The highest BCUT2D eigenvalue weighted by atomic mass is 16.7. The van der Waals surface area contributed by atoms with Crippen molar-refractivity contribution in [3.05, 3.63) is 29.8 Å². The topological polar surface area (TPSA) is 82.8 Å². The molecule has 3 N–H and O–H groups in total. The number of nitrogens with one attached hydrogen (secondary N) is 1. The molecule has 0 aromatic heterocycles. The van der Waals surface area contributed by atoms with Crippen molar-refractivity contribution >= 4 is 5.91 Å². The van der Waals surface area contributed by atoms with E-state index in [1.807, 2.05) is 12.1 Å². The van der Waals surface area contributed by atoms with Crippen molar-refractivity contribution in [2.45, 2.75) is 6.54 Å². The maximum Gasteiger partial charge on any atom is 0.255 e. The number of primary amides is 1. The predicted molar refractivity (Wildman–Crippen MR) is 65.8 cm³/mol. The standard InChI is InChI=1S/C12H18N2O4/c1-16-6-7-18-14-8-10-2-4-11(5-3-10)17-9-12(13)15/h2-5,14H,6-9H2,1H3,(H2,13,15). The minimum absolute atomic E-state index is 0.113. The van der Waals surface area contributed by atoms with Crippen LogP contribution in [0, 0.1) is 0 Å². The molecule has 6 nitrogen and oxygen atoms in total. The van der Waals surface area contributed by atoms with E-state index >= 15 is 0 Å². The number of hydrogen-bond acceptors (Lipinski definition) is 5. The van der Waals surface area contributed by atoms with Gasteiger partial charge in [0.25, 0.3) is 5.91 Å². The zero-order valence-electron chi connectivity index (χ0n) is 10.3. The Morgan fingerprint density at radius 3 is 2.61 bits per heavy atom. The molecule has 1 rings (SSSR count). The minimum atomic E-state index is -0.493. The van der Waals surface area contributed by atoms with Crippen LogP contribution in [0.25, 0.3) is 0 Å². The lowest BCUT2D eigenvalue weighted by Gasteiger charge is -2.07. The number of methoxy groups -OCH3 is 1. The molecule has 0 spiro atoms. The molecular weight excluding hydrogens is 236 g/mol. The molecule has 0 aliphatic rings. The Bertz CT molecular complexity index is 354. The van der Waals surface area contributed by atoms with Crippen LogP contribution in [0.5, 0.6) is 5.75 Å². The van der Waals surface area contributed by atoms with E-state index in [-0.39, 0.29) is 6.61 Å². The molecule has 0 saturated heterocycles. The van der Waals surface area contributed by atoms with Crippen LogP contribution in [0.1, 0.15) is 5.56 Å². The average Bonchev–Trinajstić information content (AvgIpc) is 2.37. The van der Waals surface area contributed by atoms with E-state index in [0.29, 0.717) is 25.5 Å². The molecule has 0 unspecified atom stereocenters. The second-order valence-electron chi connectivity index (χ2n) is 3.56. The van der Waals surface area contributed by atoms with Gasteiger partial charge in [-0.1, -0.05) is 12.1 Å². The van der Waals surface area contributed by atoms with Crippen molar-refractivity contribution in [1.82, 2.24) is 5.48 Å². The maximum absolute atomic E-state index is 10.5. The van der Waals surface area contributed by atoms with Crippen LogP contribution >= 0.6 is 0 Å². The molecule has 1 aromatic rings. The van der Waals surface area contributed by atoms with Gasteiger partial charge in [0, 0.05) is 13.7 Å². The second kappa shape index (κ2) is 8.46. The zero-order chi connectivity index (χ0) is 13.2. The molecular formula is C12H18N2O4. The molecule has 1 amide bonds. The first-order valence-electron chi connectivity index (χ1n) is 5.56. The Hall–Kier alpha value is -1.63. The number of hydroxylamine groups is 1. The third-order valence-corrected chi connectivity index (χ3v) is 2.07. The van der Waals surface area contributed by atoms with E-state index in [2.05, 4.69) is 5.48 Å². The predicted octanol–water partition coefficient (Wildman–Crippen LogP) is 0.218. The SMILES string of the molecule is COCCONCc1ccc(OCC(N)=O)cc1. The van der Waals surface area contributed by atoms with Gasteiger partial charge in [-0.25, -0.2) is 0 Å². The van der Waals surface area contributed by atoms with E-state index in [1.54, 1.807) is 19.2 Å². The average molecular weight is 254 g/mol.